The van der Waals surface area contributed by atoms with Gasteiger partial charge in [-0.15, -0.1) is 0 Å². The zero-order chi connectivity index (χ0) is 12.0. The molecule has 16 heavy (non-hydrogen) atoms. The Morgan fingerprint density at radius 2 is 2.31 bits per heavy atom. The topological polar surface area (TPSA) is 55.7 Å². The van der Waals surface area contributed by atoms with Crippen LogP contribution >= 0.6 is 0 Å². The normalized spacial score (nSPS) is 9.06. The molecule has 0 aliphatic heterocycles. The van der Waals surface area contributed by atoms with E-state index in [1.54, 1.807) is 31.2 Å². The van der Waals surface area contributed by atoms with Crippen LogP contribution in [-0.2, 0) is 20.9 Å². The van der Waals surface area contributed by atoms with E-state index in [1.807, 2.05) is 0 Å². The van der Waals surface area contributed by atoms with Crippen molar-refractivity contribution in [3.63, 3.8) is 0 Å². The predicted molar refractivity (Wildman–Crippen MR) is 58.8 cm³/mol. The number of hydrogen-bond acceptors (Lipinski definition) is 4. The Morgan fingerprint density at radius 1 is 1.56 bits per heavy atom. The SMILES string of the molecule is C=C(C)C(=O)OCc1cccc(N=C=O)c1. The summed E-state index contributed by atoms with van der Waals surface area (Å²) in [5.41, 5.74) is 1.59. The highest BCUT2D eigenvalue weighted by molar-refractivity contribution is 5.86. The number of carbonyl (C=O) groups excluding carboxylic acids is 2. The highest BCUT2D eigenvalue weighted by Crippen LogP contribution is 2.14. The highest BCUT2D eigenvalue weighted by Gasteiger charge is 2.03. The van der Waals surface area contributed by atoms with Gasteiger partial charge in [-0.3, -0.25) is 0 Å². The Hall–Kier alpha value is -2.19. The van der Waals surface area contributed by atoms with E-state index in [0.717, 1.165) is 5.56 Å². The Morgan fingerprint density at radius 3 is 2.94 bits per heavy atom. The number of nitrogens with zero attached hydrogens (tertiary/aromatic N) is 1. The lowest BCUT2D eigenvalue weighted by atomic mass is 10.2. The molecule has 0 saturated heterocycles. The first-order valence-corrected chi connectivity index (χ1v) is 4.63. The molecule has 0 fully saturated rings. The Bertz CT molecular complexity index is 459. The van der Waals surface area contributed by atoms with E-state index >= 15 is 0 Å². The average Bonchev–Trinajstić information content (AvgIpc) is 2.26. The van der Waals surface area contributed by atoms with Crippen molar-refractivity contribution in [3.05, 3.63) is 42.0 Å². The second-order valence-electron chi connectivity index (χ2n) is 3.23. The molecule has 4 nitrogen and oxygen atoms in total. The third kappa shape index (κ3) is 3.52. The van der Waals surface area contributed by atoms with Gasteiger partial charge in [0.2, 0.25) is 6.08 Å². The third-order valence-electron chi connectivity index (χ3n) is 1.80. The van der Waals surface area contributed by atoms with Crippen molar-refractivity contribution in [3.8, 4) is 0 Å². The second kappa shape index (κ2) is 5.63. The Balaban J connectivity index is 2.67. The first-order chi connectivity index (χ1) is 7.63. The summed E-state index contributed by atoms with van der Waals surface area (Å²) < 4.78 is 4.94. The quantitative estimate of drug-likeness (QED) is 0.336. The molecule has 0 spiro atoms. The van der Waals surface area contributed by atoms with E-state index < -0.39 is 5.97 Å². The van der Waals surface area contributed by atoms with Crippen molar-refractivity contribution in [2.45, 2.75) is 13.5 Å². The van der Waals surface area contributed by atoms with Gasteiger partial charge in [-0.1, -0.05) is 18.7 Å². The molecular weight excluding hydrogens is 206 g/mol. The number of isocyanates is 1. The van der Waals surface area contributed by atoms with Gasteiger partial charge in [0.15, 0.2) is 0 Å². The number of aliphatic imine (C=N–C) groups is 1. The van der Waals surface area contributed by atoms with Crippen molar-refractivity contribution >= 4 is 17.7 Å². The molecule has 1 rings (SSSR count). The van der Waals surface area contributed by atoms with Crippen LogP contribution in [0.2, 0.25) is 0 Å². The summed E-state index contributed by atoms with van der Waals surface area (Å²) >= 11 is 0. The summed E-state index contributed by atoms with van der Waals surface area (Å²) in [5, 5.41) is 0. The van der Waals surface area contributed by atoms with Crippen LogP contribution in [0, 0.1) is 0 Å². The Kier molecular flexibility index (Phi) is 4.18. The number of hydrogen-bond donors (Lipinski definition) is 0. The molecule has 4 heteroatoms. The molecule has 0 saturated carbocycles. The zero-order valence-electron chi connectivity index (χ0n) is 8.90. The van der Waals surface area contributed by atoms with Crippen LogP contribution in [0.15, 0.2) is 41.4 Å². The van der Waals surface area contributed by atoms with Crippen molar-refractivity contribution in [2.75, 3.05) is 0 Å². The van der Waals surface area contributed by atoms with Crippen LogP contribution in [0.25, 0.3) is 0 Å². The van der Waals surface area contributed by atoms with Crippen molar-refractivity contribution in [1.29, 1.82) is 0 Å². The van der Waals surface area contributed by atoms with Crippen molar-refractivity contribution in [1.82, 2.24) is 0 Å². The molecule has 82 valence electrons. The van der Waals surface area contributed by atoms with Gasteiger partial charge >= 0.3 is 5.97 Å². The molecule has 0 heterocycles. The maximum absolute atomic E-state index is 11.1. The molecular formula is C12H11NO3. The summed E-state index contributed by atoms with van der Waals surface area (Å²) in [6, 6.07) is 6.81. The van der Waals surface area contributed by atoms with E-state index in [2.05, 4.69) is 11.6 Å². The van der Waals surface area contributed by atoms with Gasteiger partial charge in [0, 0.05) is 5.57 Å². The molecule has 0 atom stereocenters. The predicted octanol–water partition coefficient (Wildman–Crippen LogP) is 2.27. The number of ether oxygens (including phenoxy) is 1. The number of benzene rings is 1. The maximum atomic E-state index is 11.1. The molecule has 0 aliphatic carbocycles. The number of carbonyl (C=O) groups is 1. The van der Waals surface area contributed by atoms with E-state index in [0.29, 0.717) is 11.3 Å². The van der Waals surface area contributed by atoms with Crippen LogP contribution in [0.4, 0.5) is 5.69 Å². The third-order valence-corrected chi connectivity index (χ3v) is 1.80. The van der Waals surface area contributed by atoms with Crippen molar-refractivity contribution < 1.29 is 14.3 Å². The first-order valence-electron chi connectivity index (χ1n) is 4.63. The van der Waals surface area contributed by atoms with Gasteiger partial charge in [0.1, 0.15) is 6.61 Å². The smallest absolute Gasteiger partial charge is 0.333 e. The van der Waals surface area contributed by atoms with Crippen LogP contribution < -0.4 is 0 Å². The molecule has 0 bridgehead atoms. The monoisotopic (exact) mass is 217 g/mol. The maximum Gasteiger partial charge on any atom is 0.333 e. The van der Waals surface area contributed by atoms with Crippen LogP contribution in [0.5, 0.6) is 0 Å². The summed E-state index contributed by atoms with van der Waals surface area (Å²) in [6.45, 7) is 5.18. The fourth-order valence-corrected chi connectivity index (χ4v) is 1.04. The molecule has 0 unspecified atom stereocenters. The van der Waals surface area contributed by atoms with E-state index in [-0.39, 0.29) is 6.61 Å². The van der Waals surface area contributed by atoms with Crippen LogP contribution in [0.1, 0.15) is 12.5 Å². The van der Waals surface area contributed by atoms with E-state index in [9.17, 15) is 9.59 Å². The zero-order valence-corrected chi connectivity index (χ0v) is 8.90. The summed E-state index contributed by atoms with van der Waals surface area (Å²) in [7, 11) is 0. The summed E-state index contributed by atoms with van der Waals surface area (Å²) in [5.74, 6) is -0.440. The Labute approximate surface area is 93.3 Å². The van der Waals surface area contributed by atoms with Crippen LogP contribution in [0.3, 0.4) is 0 Å². The second-order valence-corrected chi connectivity index (χ2v) is 3.23. The molecule has 0 amide bonds. The lowest BCUT2D eigenvalue weighted by Crippen LogP contribution is -2.04. The highest BCUT2D eigenvalue weighted by atomic mass is 16.5. The fraction of sp³-hybridized carbons (Fsp3) is 0.167. The van der Waals surface area contributed by atoms with Crippen molar-refractivity contribution in [2.24, 2.45) is 4.99 Å². The molecule has 0 N–H and O–H groups in total. The number of rotatable bonds is 4. The van der Waals surface area contributed by atoms with Gasteiger partial charge in [-0.2, -0.15) is 4.99 Å². The van der Waals surface area contributed by atoms with Gasteiger partial charge in [-0.25, -0.2) is 9.59 Å². The van der Waals surface area contributed by atoms with Gasteiger partial charge in [-0.05, 0) is 24.6 Å². The minimum atomic E-state index is -0.440. The van der Waals surface area contributed by atoms with E-state index in [1.165, 1.54) is 6.08 Å². The number of esters is 1. The fourth-order valence-electron chi connectivity index (χ4n) is 1.04. The molecule has 0 aromatic heterocycles. The van der Waals surface area contributed by atoms with Gasteiger partial charge in [0.25, 0.3) is 0 Å². The largest absolute Gasteiger partial charge is 0.457 e. The molecule has 1 aromatic rings. The summed E-state index contributed by atoms with van der Waals surface area (Å²) in [6.07, 6.45) is 1.45. The summed E-state index contributed by atoms with van der Waals surface area (Å²) in [4.78, 5) is 24.6. The minimum Gasteiger partial charge on any atom is -0.457 e. The van der Waals surface area contributed by atoms with Gasteiger partial charge < -0.3 is 4.74 Å². The lowest BCUT2D eigenvalue weighted by Gasteiger charge is -2.04. The van der Waals surface area contributed by atoms with E-state index in [4.69, 9.17) is 4.74 Å². The average molecular weight is 217 g/mol. The molecule has 0 radical (unpaired) electrons. The van der Waals surface area contributed by atoms with Crippen LogP contribution in [-0.4, -0.2) is 12.0 Å². The standard InChI is InChI=1S/C12H11NO3/c1-9(2)12(15)16-7-10-4-3-5-11(6-10)13-8-14/h3-6H,1,7H2,2H3. The minimum absolute atomic E-state index is 0.133. The lowest BCUT2D eigenvalue weighted by molar-refractivity contribution is -0.140. The molecule has 0 aliphatic rings. The molecule has 1 aromatic carbocycles. The van der Waals surface area contributed by atoms with Gasteiger partial charge in [0.05, 0.1) is 5.69 Å². The first kappa shape index (κ1) is 11.9.